The van der Waals surface area contributed by atoms with Crippen LogP contribution in [0.5, 0.6) is 0 Å². The van der Waals surface area contributed by atoms with Gasteiger partial charge in [0.15, 0.2) is 0 Å². The molecule has 0 spiro atoms. The summed E-state index contributed by atoms with van der Waals surface area (Å²) in [6.07, 6.45) is 4.19. The van der Waals surface area contributed by atoms with E-state index in [4.69, 9.17) is 9.47 Å². The van der Waals surface area contributed by atoms with Crippen LogP contribution in [0.2, 0.25) is 0 Å². The van der Waals surface area contributed by atoms with Crippen molar-refractivity contribution < 1.29 is 14.3 Å². The van der Waals surface area contributed by atoms with Crippen molar-refractivity contribution in [1.82, 2.24) is 15.2 Å². The molecule has 4 rings (SSSR count). The molecule has 2 amide bonds. The zero-order valence-corrected chi connectivity index (χ0v) is 15.8. The molecule has 0 bridgehead atoms. The first-order valence-electron chi connectivity index (χ1n) is 9.74. The van der Waals surface area contributed by atoms with Gasteiger partial charge in [-0.3, -0.25) is 4.98 Å². The van der Waals surface area contributed by atoms with E-state index in [9.17, 15) is 4.79 Å². The van der Waals surface area contributed by atoms with E-state index in [2.05, 4.69) is 27.8 Å². The van der Waals surface area contributed by atoms with Crippen LogP contribution in [0, 0.1) is 0 Å². The van der Waals surface area contributed by atoms with Crippen LogP contribution in [0.25, 0.3) is 0 Å². The monoisotopic (exact) mass is 382 g/mol. The van der Waals surface area contributed by atoms with Crippen molar-refractivity contribution in [3.05, 3.63) is 60.4 Å². The van der Waals surface area contributed by atoms with Gasteiger partial charge in [-0.1, -0.05) is 30.3 Å². The topological polar surface area (TPSA) is 75.7 Å². The molecule has 1 aromatic heterocycles. The molecule has 148 valence electrons. The van der Waals surface area contributed by atoms with Crippen LogP contribution >= 0.6 is 0 Å². The van der Waals surface area contributed by atoms with Crippen molar-refractivity contribution in [2.24, 2.45) is 0 Å². The van der Waals surface area contributed by atoms with Gasteiger partial charge in [0.25, 0.3) is 0 Å². The average Bonchev–Trinajstić information content (AvgIpc) is 3.06. The zero-order valence-electron chi connectivity index (χ0n) is 15.8. The molecular weight excluding hydrogens is 356 g/mol. The molecule has 2 aliphatic heterocycles. The predicted molar refractivity (Wildman–Crippen MR) is 106 cm³/mol. The van der Waals surface area contributed by atoms with Gasteiger partial charge in [0.1, 0.15) is 12.2 Å². The minimum absolute atomic E-state index is 0.0544. The van der Waals surface area contributed by atoms with Gasteiger partial charge in [-0.25, -0.2) is 4.79 Å². The van der Waals surface area contributed by atoms with E-state index in [-0.39, 0.29) is 24.3 Å². The number of aromatic nitrogens is 1. The van der Waals surface area contributed by atoms with Crippen LogP contribution < -0.4 is 10.6 Å². The number of nitrogens with one attached hydrogen (secondary N) is 2. The summed E-state index contributed by atoms with van der Waals surface area (Å²) in [5, 5.41) is 6.38. The number of amides is 2. The molecule has 7 nitrogen and oxygen atoms in total. The van der Waals surface area contributed by atoms with Gasteiger partial charge in [-0.15, -0.1) is 0 Å². The van der Waals surface area contributed by atoms with E-state index in [1.807, 2.05) is 30.3 Å². The summed E-state index contributed by atoms with van der Waals surface area (Å²) in [4.78, 5) is 18.4. The quantitative estimate of drug-likeness (QED) is 0.826. The number of likely N-dealkylation sites (tertiary alicyclic amines) is 1. The fraction of sp³-hybridized carbons (Fsp3) is 0.429. The van der Waals surface area contributed by atoms with E-state index in [1.165, 1.54) is 5.56 Å². The Morgan fingerprint density at radius 2 is 1.82 bits per heavy atom. The molecule has 2 saturated heterocycles. The summed E-state index contributed by atoms with van der Waals surface area (Å²) in [5.74, 6) is 0. The maximum atomic E-state index is 12.5. The SMILES string of the molecule is O=C(NCCc1ccccc1)N1C[C@@H]2OCC(Nc3cccnc3)CO[C@H]2C1. The minimum atomic E-state index is -0.0828. The highest BCUT2D eigenvalue weighted by Crippen LogP contribution is 2.21. The van der Waals surface area contributed by atoms with Gasteiger partial charge in [0.2, 0.25) is 0 Å². The lowest BCUT2D eigenvalue weighted by molar-refractivity contribution is -0.00461. The summed E-state index contributed by atoms with van der Waals surface area (Å²) in [7, 11) is 0. The summed E-state index contributed by atoms with van der Waals surface area (Å²) in [6.45, 7) is 2.81. The third-order valence-electron chi connectivity index (χ3n) is 5.09. The van der Waals surface area contributed by atoms with E-state index < -0.39 is 0 Å². The number of benzene rings is 1. The van der Waals surface area contributed by atoms with Crippen LogP contribution in [0.4, 0.5) is 10.5 Å². The molecule has 1 aromatic carbocycles. The maximum absolute atomic E-state index is 12.5. The molecule has 2 aliphatic rings. The fourth-order valence-corrected chi connectivity index (χ4v) is 3.60. The number of hydrogen-bond acceptors (Lipinski definition) is 5. The number of carbonyl (C=O) groups is 1. The van der Waals surface area contributed by atoms with Crippen molar-refractivity contribution in [2.45, 2.75) is 24.7 Å². The number of nitrogens with zero attached hydrogens (tertiary/aromatic N) is 2. The number of ether oxygens (including phenoxy) is 2. The van der Waals surface area contributed by atoms with Crippen LogP contribution in [-0.4, -0.2) is 67.0 Å². The lowest BCUT2D eigenvalue weighted by Crippen LogP contribution is -2.40. The molecule has 0 unspecified atom stereocenters. The second-order valence-corrected chi connectivity index (χ2v) is 7.20. The Hall–Kier alpha value is -2.64. The number of urea groups is 1. The molecule has 2 fully saturated rings. The number of hydrogen-bond donors (Lipinski definition) is 2. The molecule has 0 aliphatic carbocycles. The summed E-state index contributed by atoms with van der Waals surface area (Å²) >= 11 is 0. The first kappa shape index (κ1) is 18.7. The third-order valence-corrected chi connectivity index (χ3v) is 5.09. The van der Waals surface area contributed by atoms with E-state index in [0.717, 1.165) is 12.1 Å². The van der Waals surface area contributed by atoms with Crippen molar-refractivity contribution in [2.75, 3.05) is 38.2 Å². The van der Waals surface area contributed by atoms with Gasteiger partial charge in [0, 0.05) is 18.9 Å². The summed E-state index contributed by atoms with van der Waals surface area (Å²) in [6, 6.07) is 14.0. The predicted octanol–water partition coefficient (Wildman–Crippen LogP) is 1.91. The lowest BCUT2D eigenvalue weighted by atomic mass is 10.1. The van der Waals surface area contributed by atoms with E-state index in [1.54, 1.807) is 17.3 Å². The Morgan fingerprint density at radius 1 is 1.07 bits per heavy atom. The normalized spacial score (nSPS) is 22.4. The highest BCUT2D eigenvalue weighted by Gasteiger charge is 2.39. The molecule has 28 heavy (non-hydrogen) atoms. The lowest BCUT2D eigenvalue weighted by Gasteiger charge is -2.20. The Kier molecular flexibility index (Phi) is 6.04. The average molecular weight is 382 g/mol. The third kappa shape index (κ3) is 4.79. The van der Waals surface area contributed by atoms with Gasteiger partial charge in [-0.2, -0.15) is 0 Å². The Bertz CT molecular complexity index is 743. The van der Waals surface area contributed by atoms with Crippen molar-refractivity contribution in [3.63, 3.8) is 0 Å². The van der Waals surface area contributed by atoms with Crippen LogP contribution in [0.1, 0.15) is 5.56 Å². The second kappa shape index (κ2) is 9.03. The first-order valence-corrected chi connectivity index (χ1v) is 9.74. The van der Waals surface area contributed by atoms with E-state index in [0.29, 0.717) is 32.8 Å². The minimum Gasteiger partial charge on any atom is -0.376 e. The van der Waals surface area contributed by atoms with Gasteiger partial charge < -0.3 is 25.0 Å². The number of pyridine rings is 1. The molecule has 7 heteroatoms. The maximum Gasteiger partial charge on any atom is 0.317 e. The fourth-order valence-electron chi connectivity index (χ4n) is 3.60. The van der Waals surface area contributed by atoms with Gasteiger partial charge >= 0.3 is 6.03 Å². The Labute approximate surface area is 165 Å². The van der Waals surface area contributed by atoms with Crippen LogP contribution in [0.3, 0.4) is 0 Å². The van der Waals surface area contributed by atoms with Crippen molar-refractivity contribution >= 4 is 11.7 Å². The largest absolute Gasteiger partial charge is 0.376 e. The highest BCUT2D eigenvalue weighted by atomic mass is 16.6. The molecule has 0 radical (unpaired) electrons. The standard InChI is InChI=1S/C21H26N4O3/c26-21(23-10-8-16-5-2-1-3-6-16)25-12-19-20(13-25)28-15-18(14-27-19)24-17-7-4-9-22-11-17/h1-7,9,11,18-20,24H,8,10,12-15H2,(H,23,26)/t19-,20-/m0/s1. The van der Waals surface area contributed by atoms with Crippen LogP contribution in [0.15, 0.2) is 54.9 Å². The second-order valence-electron chi connectivity index (χ2n) is 7.20. The first-order chi connectivity index (χ1) is 13.8. The zero-order chi connectivity index (χ0) is 19.2. The molecule has 3 heterocycles. The molecule has 0 saturated carbocycles. The molecular formula is C21H26N4O3. The highest BCUT2D eigenvalue weighted by molar-refractivity contribution is 5.74. The molecule has 2 aromatic rings. The number of fused-ring (bicyclic) bond motifs is 1. The number of rotatable bonds is 5. The van der Waals surface area contributed by atoms with Crippen LogP contribution in [-0.2, 0) is 15.9 Å². The number of carbonyl (C=O) groups excluding carboxylic acids is 1. The van der Waals surface area contributed by atoms with Crippen molar-refractivity contribution in [3.8, 4) is 0 Å². The molecule has 2 atom stereocenters. The smallest absolute Gasteiger partial charge is 0.317 e. The Balaban J connectivity index is 1.22. The summed E-state index contributed by atoms with van der Waals surface area (Å²) < 4.78 is 12.1. The number of anilines is 1. The van der Waals surface area contributed by atoms with E-state index >= 15 is 0 Å². The van der Waals surface area contributed by atoms with Crippen molar-refractivity contribution in [1.29, 1.82) is 0 Å². The molecule has 2 N–H and O–H groups in total. The van der Waals surface area contributed by atoms with Gasteiger partial charge in [0.05, 0.1) is 38.0 Å². The summed E-state index contributed by atoms with van der Waals surface area (Å²) in [5.41, 5.74) is 2.17. The van der Waals surface area contributed by atoms with Gasteiger partial charge in [-0.05, 0) is 24.1 Å². The Morgan fingerprint density at radius 3 is 2.50 bits per heavy atom.